The Bertz CT molecular complexity index is 1330. The van der Waals surface area contributed by atoms with E-state index in [1.54, 1.807) is 37.3 Å². The van der Waals surface area contributed by atoms with Gasteiger partial charge in [0.1, 0.15) is 5.84 Å². The molecule has 1 amide bonds. The van der Waals surface area contributed by atoms with Crippen LogP contribution in [0.4, 0.5) is 17.1 Å². The van der Waals surface area contributed by atoms with Gasteiger partial charge in [-0.25, -0.2) is 4.79 Å². The number of likely N-dealkylation sites (N-methyl/N-ethyl adjacent to an activating group) is 1. The maximum Gasteiger partial charge on any atom is 0.338 e. The Morgan fingerprint density at radius 3 is 2.42 bits per heavy atom. The molecule has 1 fully saturated rings. The van der Waals surface area contributed by atoms with Crippen molar-refractivity contribution in [2.45, 2.75) is 19.9 Å². The molecule has 0 radical (unpaired) electrons. The first kappa shape index (κ1) is 30.5. The molecular weight excluding hydrogens is 528 g/mol. The standard InChI is InChI=1S/C30H36N6O3.ClH/c1-3-39-30(38)23-8-9-24(20-33-25-7-4-6-22(18-25)28(31)32)27(19-23)34-29(37)21-10-12-26(13-11-21)36-15-5-14-35(2)16-17-36;/h4,6-13,18-19,33H,3,5,14-17,20H2,1-2H3,(H3,31,32)(H,34,37);1H. The van der Waals surface area contributed by atoms with Gasteiger partial charge in [-0.05, 0) is 81.0 Å². The first-order chi connectivity index (χ1) is 18.8. The number of nitrogens with two attached hydrogens (primary N) is 1. The number of halogens is 1. The number of ether oxygens (including phenoxy) is 1. The van der Waals surface area contributed by atoms with Crippen LogP contribution < -0.4 is 21.3 Å². The molecule has 0 spiro atoms. The van der Waals surface area contributed by atoms with Gasteiger partial charge in [0.25, 0.3) is 5.91 Å². The van der Waals surface area contributed by atoms with Crippen molar-refractivity contribution < 1.29 is 14.3 Å². The molecule has 40 heavy (non-hydrogen) atoms. The normalized spacial score (nSPS) is 13.5. The molecule has 5 N–H and O–H groups in total. The van der Waals surface area contributed by atoms with Crippen molar-refractivity contribution in [3.63, 3.8) is 0 Å². The number of nitrogens with zero attached hydrogens (tertiary/aromatic N) is 2. The van der Waals surface area contributed by atoms with Crippen molar-refractivity contribution in [2.75, 3.05) is 55.4 Å². The monoisotopic (exact) mass is 564 g/mol. The summed E-state index contributed by atoms with van der Waals surface area (Å²) in [6, 6.07) is 20.0. The summed E-state index contributed by atoms with van der Waals surface area (Å²) < 4.78 is 5.16. The van der Waals surface area contributed by atoms with Crippen LogP contribution in [0, 0.1) is 5.41 Å². The van der Waals surface area contributed by atoms with Crippen LogP contribution in [0.2, 0.25) is 0 Å². The van der Waals surface area contributed by atoms with Crippen molar-refractivity contribution in [2.24, 2.45) is 5.73 Å². The summed E-state index contributed by atoms with van der Waals surface area (Å²) in [6.07, 6.45) is 1.10. The zero-order valence-electron chi connectivity index (χ0n) is 22.9. The first-order valence-corrected chi connectivity index (χ1v) is 13.2. The zero-order chi connectivity index (χ0) is 27.8. The second-order valence-electron chi connectivity index (χ2n) is 9.59. The smallest absolute Gasteiger partial charge is 0.338 e. The van der Waals surface area contributed by atoms with Gasteiger partial charge in [-0.3, -0.25) is 10.2 Å². The lowest BCUT2D eigenvalue weighted by Crippen LogP contribution is -2.28. The van der Waals surface area contributed by atoms with Gasteiger partial charge in [-0.2, -0.15) is 0 Å². The van der Waals surface area contributed by atoms with Gasteiger partial charge in [0, 0.05) is 54.4 Å². The molecule has 4 rings (SSSR count). The highest BCUT2D eigenvalue weighted by Crippen LogP contribution is 2.23. The molecule has 0 unspecified atom stereocenters. The Kier molecular flexibility index (Phi) is 10.9. The number of rotatable bonds is 9. The SMILES string of the molecule is CCOC(=O)c1ccc(CNc2cccc(C(=N)N)c2)c(NC(=O)c2ccc(N3CCCN(C)CC3)cc2)c1.Cl. The third-order valence-electron chi connectivity index (χ3n) is 6.74. The predicted octanol–water partition coefficient (Wildman–Crippen LogP) is 4.58. The topological polar surface area (TPSA) is 124 Å². The summed E-state index contributed by atoms with van der Waals surface area (Å²) in [5.74, 6) is -0.730. The summed E-state index contributed by atoms with van der Waals surface area (Å²) in [7, 11) is 2.14. The summed E-state index contributed by atoms with van der Waals surface area (Å²) in [4.78, 5) is 30.3. The fourth-order valence-corrected chi connectivity index (χ4v) is 4.51. The number of hydrogen-bond donors (Lipinski definition) is 4. The average molecular weight is 565 g/mol. The van der Waals surface area contributed by atoms with E-state index in [0.717, 1.165) is 49.5 Å². The molecule has 9 nitrogen and oxygen atoms in total. The maximum atomic E-state index is 13.2. The van der Waals surface area contributed by atoms with Crippen molar-refractivity contribution in [1.29, 1.82) is 5.41 Å². The Morgan fingerprint density at radius 2 is 1.70 bits per heavy atom. The van der Waals surface area contributed by atoms with E-state index in [1.807, 2.05) is 36.4 Å². The quantitative estimate of drug-likeness (QED) is 0.170. The van der Waals surface area contributed by atoms with Crippen LogP contribution in [0.5, 0.6) is 0 Å². The zero-order valence-corrected chi connectivity index (χ0v) is 23.7. The number of nitrogen functional groups attached to an aromatic ring is 1. The molecule has 0 atom stereocenters. The number of amides is 1. The van der Waals surface area contributed by atoms with Crippen molar-refractivity contribution in [1.82, 2.24) is 4.90 Å². The molecule has 0 saturated carbocycles. The fourth-order valence-electron chi connectivity index (χ4n) is 4.51. The first-order valence-electron chi connectivity index (χ1n) is 13.2. The van der Waals surface area contributed by atoms with Crippen molar-refractivity contribution >= 4 is 47.2 Å². The Morgan fingerprint density at radius 1 is 0.950 bits per heavy atom. The van der Waals surface area contributed by atoms with Crippen LogP contribution in [-0.2, 0) is 11.3 Å². The van der Waals surface area contributed by atoms with Gasteiger partial charge in [0.05, 0.1) is 12.2 Å². The van der Waals surface area contributed by atoms with E-state index in [4.69, 9.17) is 15.9 Å². The third-order valence-corrected chi connectivity index (χ3v) is 6.74. The van der Waals surface area contributed by atoms with Crippen molar-refractivity contribution in [3.05, 3.63) is 89.0 Å². The second kappa shape index (κ2) is 14.3. The van der Waals surface area contributed by atoms with Gasteiger partial charge in [-0.15, -0.1) is 12.4 Å². The van der Waals surface area contributed by atoms with Gasteiger partial charge in [-0.1, -0.05) is 18.2 Å². The van der Waals surface area contributed by atoms with Gasteiger partial charge in [0.2, 0.25) is 0 Å². The van der Waals surface area contributed by atoms with E-state index in [9.17, 15) is 9.59 Å². The third kappa shape index (κ3) is 7.97. The van der Waals surface area contributed by atoms with Crippen molar-refractivity contribution in [3.8, 4) is 0 Å². The summed E-state index contributed by atoms with van der Waals surface area (Å²) in [5, 5.41) is 14.0. The Balaban J connectivity index is 0.00000441. The molecule has 0 aliphatic carbocycles. The molecular formula is C30H37ClN6O3. The van der Waals surface area contributed by atoms with Crippen LogP contribution in [0.15, 0.2) is 66.7 Å². The lowest BCUT2D eigenvalue weighted by molar-refractivity contribution is 0.0526. The highest BCUT2D eigenvalue weighted by molar-refractivity contribution is 6.05. The van der Waals surface area contributed by atoms with Crippen LogP contribution in [0.25, 0.3) is 0 Å². The number of carbonyl (C=O) groups is 2. The number of benzene rings is 3. The number of carbonyl (C=O) groups excluding carboxylic acids is 2. The molecule has 1 aliphatic heterocycles. The number of amidine groups is 1. The molecule has 0 aromatic heterocycles. The molecule has 10 heteroatoms. The van der Waals surface area contributed by atoms with Crippen LogP contribution >= 0.6 is 12.4 Å². The highest BCUT2D eigenvalue weighted by atomic mass is 35.5. The molecule has 1 aliphatic rings. The largest absolute Gasteiger partial charge is 0.462 e. The summed E-state index contributed by atoms with van der Waals surface area (Å²) in [6.45, 7) is 6.42. The van der Waals surface area contributed by atoms with Gasteiger partial charge in [0.15, 0.2) is 0 Å². The number of hydrogen-bond acceptors (Lipinski definition) is 7. The van der Waals surface area contributed by atoms with Crippen LogP contribution in [-0.4, -0.2) is 62.4 Å². The average Bonchev–Trinajstić information content (AvgIpc) is 3.17. The van der Waals surface area contributed by atoms with E-state index in [2.05, 4.69) is 27.5 Å². The summed E-state index contributed by atoms with van der Waals surface area (Å²) >= 11 is 0. The fraction of sp³-hybridized carbons (Fsp3) is 0.300. The van der Waals surface area contributed by atoms with E-state index in [1.165, 1.54) is 0 Å². The molecule has 212 valence electrons. The minimum atomic E-state index is -0.450. The van der Waals surface area contributed by atoms with Crippen LogP contribution in [0.3, 0.4) is 0 Å². The molecule has 3 aromatic rings. The Labute approximate surface area is 241 Å². The molecule has 3 aromatic carbocycles. The maximum absolute atomic E-state index is 13.2. The number of nitrogens with one attached hydrogen (secondary N) is 3. The van der Waals surface area contributed by atoms with E-state index < -0.39 is 5.97 Å². The van der Waals surface area contributed by atoms with Gasteiger partial charge >= 0.3 is 5.97 Å². The minimum absolute atomic E-state index is 0. The Hall–Kier alpha value is -4.08. The number of anilines is 3. The van der Waals surface area contributed by atoms with Crippen LogP contribution in [0.1, 0.15) is 45.2 Å². The molecule has 1 heterocycles. The lowest BCUT2D eigenvalue weighted by atomic mass is 10.1. The van der Waals surface area contributed by atoms with E-state index in [0.29, 0.717) is 28.9 Å². The van der Waals surface area contributed by atoms with E-state index in [-0.39, 0.29) is 30.8 Å². The van der Waals surface area contributed by atoms with Gasteiger partial charge < -0.3 is 30.9 Å². The lowest BCUT2D eigenvalue weighted by Gasteiger charge is -2.23. The highest BCUT2D eigenvalue weighted by Gasteiger charge is 2.16. The minimum Gasteiger partial charge on any atom is -0.462 e. The predicted molar refractivity (Wildman–Crippen MR) is 163 cm³/mol. The summed E-state index contributed by atoms with van der Waals surface area (Å²) in [5.41, 5.74) is 10.3. The number of esters is 1. The molecule has 0 bridgehead atoms. The second-order valence-corrected chi connectivity index (χ2v) is 9.59. The molecule has 1 saturated heterocycles. The van der Waals surface area contributed by atoms with E-state index >= 15 is 0 Å².